The molecule has 0 aliphatic carbocycles. The van der Waals surface area contributed by atoms with E-state index < -0.39 is 0 Å². The summed E-state index contributed by atoms with van der Waals surface area (Å²) in [6.45, 7) is 12.6. The largest absolute Gasteiger partial charge is 0.316 e. The second-order valence-corrected chi connectivity index (χ2v) is 7.12. The summed E-state index contributed by atoms with van der Waals surface area (Å²) >= 11 is 9.73. The highest BCUT2D eigenvalue weighted by Gasteiger charge is 2.21. The van der Waals surface area contributed by atoms with E-state index in [2.05, 4.69) is 54.7 Å². The fourth-order valence-corrected chi connectivity index (χ4v) is 2.69. The normalized spacial score (nSPS) is 14.4. The monoisotopic (exact) mass is 343 g/mol. The number of nitrogens with one attached hydrogen (secondary N) is 1. The third kappa shape index (κ3) is 5.68. The molecule has 0 heterocycles. The topological polar surface area (TPSA) is 12.0 Å². The molecule has 0 radical (unpaired) electrons. The Labute approximate surface area is 130 Å². The fourth-order valence-electron chi connectivity index (χ4n) is 1.95. The second-order valence-electron chi connectivity index (χ2n) is 5.80. The van der Waals surface area contributed by atoms with Gasteiger partial charge in [0.2, 0.25) is 0 Å². The maximum absolute atomic E-state index is 6.29. The molecule has 0 aromatic heterocycles. The molecule has 0 fully saturated rings. The average Bonchev–Trinajstić information content (AvgIpc) is 2.32. The molecule has 0 aliphatic rings. The summed E-state index contributed by atoms with van der Waals surface area (Å²) in [5, 5.41) is 4.32. The first kappa shape index (κ1) is 16.7. The van der Waals surface area contributed by atoms with Crippen LogP contribution in [-0.2, 0) is 6.42 Å². The lowest BCUT2D eigenvalue weighted by Crippen LogP contribution is -2.34. The predicted molar refractivity (Wildman–Crippen MR) is 88.9 cm³/mol. The van der Waals surface area contributed by atoms with E-state index in [1.165, 1.54) is 5.56 Å². The zero-order chi connectivity index (χ0) is 14.5. The molecule has 1 atom stereocenters. The molecule has 1 nitrogen and oxygen atoms in total. The second kappa shape index (κ2) is 7.47. The third-order valence-corrected chi connectivity index (χ3v) is 4.03. The van der Waals surface area contributed by atoms with Crippen LogP contribution < -0.4 is 5.32 Å². The maximum Gasteiger partial charge on any atom is 0.0449 e. The Hall–Kier alpha value is -0.310. The Balaban J connectivity index is 2.71. The van der Waals surface area contributed by atoms with Gasteiger partial charge in [-0.1, -0.05) is 60.4 Å². The molecular formula is C16H23BrClN. The van der Waals surface area contributed by atoms with Crippen molar-refractivity contribution in [3.8, 4) is 0 Å². The molecule has 19 heavy (non-hydrogen) atoms. The van der Waals surface area contributed by atoms with E-state index in [9.17, 15) is 0 Å². The minimum Gasteiger partial charge on any atom is -0.316 e. The molecule has 0 amide bonds. The number of benzene rings is 1. The van der Waals surface area contributed by atoms with E-state index in [0.717, 1.165) is 29.0 Å². The number of rotatable bonds is 7. The van der Waals surface area contributed by atoms with Crippen molar-refractivity contribution >= 4 is 27.5 Å². The van der Waals surface area contributed by atoms with Crippen molar-refractivity contribution in [3.63, 3.8) is 0 Å². The molecule has 0 bridgehead atoms. The van der Waals surface area contributed by atoms with Gasteiger partial charge in [-0.3, -0.25) is 0 Å². The van der Waals surface area contributed by atoms with Crippen LogP contribution in [0.15, 0.2) is 35.3 Å². The van der Waals surface area contributed by atoms with E-state index >= 15 is 0 Å². The minimum atomic E-state index is 0.0202. The Morgan fingerprint density at radius 2 is 2.16 bits per heavy atom. The maximum atomic E-state index is 6.29. The standard InChI is InChI=1S/C16H23BrClN/c1-5-16(4,11-19-10-12(2)3)9-13-6-7-14(17)8-15(13)18/h5-8,12,19H,1,9-11H2,2-4H3. The van der Waals surface area contributed by atoms with Crippen LogP contribution in [0.1, 0.15) is 26.3 Å². The molecule has 0 spiro atoms. The Morgan fingerprint density at radius 3 is 2.68 bits per heavy atom. The third-order valence-electron chi connectivity index (χ3n) is 3.18. The SMILES string of the molecule is C=CC(C)(CNCC(C)C)Cc1ccc(Br)cc1Cl. The first-order valence-electron chi connectivity index (χ1n) is 6.64. The summed E-state index contributed by atoms with van der Waals surface area (Å²) in [5.41, 5.74) is 1.19. The lowest BCUT2D eigenvalue weighted by molar-refractivity contribution is 0.378. The first-order valence-corrected chi connectivity index (χ1v) is 7.81. The van der Waals surface area contributed by atoms with Gasteiger partial charge in [0.05, 0.1) is 0 Å². The molecule has 0 saturated heterocycles. The molecule has 106 valence electrons. The zero-order valence-electron chi connectivity index (χ0n) is 12.0. The van der Waals surface area contributed by atoms with Gasteiger partial charge in [-0.25, -0.2) is 0 Å². The van der Waals surface area contributed by atoms with Gasteiger partial charge in [0.15, 0.2) is 0 Å². The Morgan fingerprint density at radius 1 is 1.47 bits per heavy atom. The summed E-state index contributed by atoms with van der Waals surface area (Å²) in [7, 11) is 0. The highest BCUT2D eigenvalue weighted by atomic mass is 79.9. The average molecular weight is 345 g/mol. The van der Waals surface area contributed by atoms with Gasteiger partial charge in [0.25, 0.3) is 0 Å². The van der Waals surface area contributed by atoms with Gasteiger partial charge in [0.1, 0.15) is 0 Å². The molecule has 1 rings (SSSR count). The van der Waals surface area contributed by atoms with Gasteiger partial charge in [0, 0.05) is 21.5 Å². The van der Waals surface area contributed by atoms with Crippen molar-refractivity contribution in [2.45, 2.75) is 27.2 Å². The van der Waals surface area contributed by atoms with E-state index in [1.807, 2.05) is 18.2 Å². The molecule has 1 aromatic rings. The van der Waals surface area contributed by atoms with Crippen molar-refractivity contribution in [1.82, 2.24) is 5.32 Å². The van der Waals surface area contributed by atoms with Crippen LogP contribution in [0.3, 0.4) is 0 Å². The molecular weight excluding hydrogens is 322 g/mol. The van der Waals surface area contributed by atoms with Crippen molar-refractivity contribution in [1.29, 1.82) is 0 Å². The van der Waals surface area contributed by atoms with Gasteiger partial charge < -0.3 is 5.32 Å². The Bertz CT molecular complexity index is 431. The van der Waals surface area contributed by atoms with Crippen molar-refractivity contribution < 1.29 is 0 Å². The minimum absolute atomic E-state index is 0.0202. The highest BCUT2D eigenvalue weighted by Crippen LogP contribution is 2.29. The summed E-state index contributed by atoms with van der Waals surface area (Å²) in [4.78, 5) is 0. The number of halogens is 2. The summed E-state index contributed by atoms with van der Waals surface area (Å²) < 4.78 is 1.01. The lowest BCUT2D eigenvalue weighted by Gasteiger charge is -2.27. The van der Waals surface area contributed by atoms with E-state index in [4.69, 9.17) is 11.6 Å². The highest BCUT2D eigenvalue weighted by molar-refractivity contribution is 9.10. The van der Waals surface area contributed by atoms with Crippen LogP contribution in [-0.4, -0.2) is 13.1 Å². The van der Waals surface area contributed by atoms with Crippen LogP contribution in [0.4, 0.5) is 0 Å². The van der Waals surface area contributed by atoms with Crippen LogP contribution >= 0.6 is 27.5 Å². The van der Waals surface area contributed by atoms with Crippen molar-refractivity contribution in [3.05, 3.63) is 45.9 Å². The zero-order valence-corrected chi connectivity index (χ0v) is 14.3. The van der Waals surface area contributed by atoms with E-state index in [1.54, 1.807) is 0 Å². The quantitative estimate of drug-likeness (QED) is 0.680. The van der Waals surface area contributed by atoms with Gasteiger partial charge in [-0.2, -0.15) is 0 Å². The van der Waals surface area contributed by atoms with Crippen LogP contribution in [0.2, 0.25) is 5.02 Å². The summed E-state index contributed by atoms with van der Waals surface area (Å²) in [5.74, 6) is 0.658. The predicted octanol–water partition coefficient (Wildman–Crippen LogP) is 5.08. The van der Waals surface area contributed by atoms with Crippen LogP contribution in [0.5, 0.6) is 0 Å². The fraction of sp³-hybridized carbons (Fsp3) is 0.500. The van der Waals surface area contributed by atoms with E-state index in [-0.39, 0.29) is 5.41 Å². The smallest absolute Gasteiger partial charge is 0.0449 e. The van der Waals surface area contributed by atoms with Gasteiger partial charge in [-0.15, -0.1) is 6.58 Å². The van der Waals surface area contributed by atoms with E-state index in [0.29, 0.717) is 5.92 Å². The summed E-state index contributed by atoms with van der Waals surface area (Å²) in [6, 6.07) is 6.06. The molecule has 3 heteroatoms. The van der Waals surface area contributed by atoms with Gasteiger partial charge in [-0.05, 0) is 36.6 Å². The van der Waals surface area contributed by atoms with Crippen LogP contribution in [0.25, 0.3) is 0 Å². The molecule has 0 aliphatic heterocycles. The van der Waals surface area contributed by atoms with Crippen molar-refractivity contribution in [2.75, 3.05) is 13.1 Å². The van der Waals surface area contributed by atoms with Crippen LogP contribution in [0, 0.1) is 11.3 Å². The summed E-state index contributed by atoms with van der Waals surface area (Å²) in [6.07, 6.45) is 2.92. The molecule has 1 unspecified atom stereocenters. The van der Waals surface area contributed by atoms with Crippen molar-refractivity contribution in [2.24, 2.45) is 11.3 Å². The molecule has 1 aromatic carbocycles. The van der Waals surface area contributed by atoms with Gasteiger partial charge >= 0.3 is 0 Å². The molecule has 1 N–H and O–H groups in total. The molecule has 0 saturated carbocycles. The Kier molecular flexibility index (Phi) is 6.58. The lowest BCUT2D eigenvalue weighted by atomic mass is 9.83. The number of hydrogen-bond donors (Lipinski definition) is 1. The number of hydrogen-bond acceptors (Lipinski definition) is 1. The first-order chi connectivity index (χ1) is 8.86.